The number of carbonyl (C=O) groups is 1. The zero-order chi connectivity index (χ0) is 6.41. The molecular weight excluding hydrogens is 147 g/mol. The lowest BCUT2D eigenvalue weighted by Gasteiger charge is -1.89. The van der Waals surface area contributed by atoms with Gasteiger partial charge >= 0.3 is 0 Å². The fourth-order valence-corrected chi connectivity index (χ4v) is 0.598. The minimum Gasteiger partial charge on any atom is -0.298 e. The van der Waals surface area contributed by atoms with E-state index in [2.05, 4.69) is 0 Å². The van der Waals surface area contributed by atoms with Crippen LogP contribution in [0.3, 0.4) is 0 Å². The van der Waals surface area contributed by atoms with Crippen LogP contribution in [0.1, 0.15) is 12.8 Å². The number of alkyl halides is 2. The Labute approximate surface area is 59.0 Å². The summed E-state index contributed by atoms with van der Waals surface area (Å²) in [6.07, 6.45) is 1.26. The first kappa shape index (κ1) is 8.25. The number of halogens is 2. The minimum absolute atomic E-state index is 0.0762. The molecule has 0 saturated heterocycles. The van der Waals surface area contributed by atoms with Gasteiger partial charge in [-0.3, -0.25) is 4.79 Å². The van der Waals surface area contributed by atoms with Gasteiger partial charge in [0.1, 0.15) is 5.78 Å². The Kier molecular flexibility index (Phi) is 5.56. The highest BCUT2D eigenvalue weighted by Gasteiger charge is 1.95. The maximum atomic E-state index is 10.4. The lowest BCUT2D eigenvalue weighted by atomic mass is 10.3. The lowest BCUT2D eigenvalue weighted by Crippen LogP contribution is -1.98. The van der Waals surface area contributed by atoms with Crippen LogP contribution < -0.4 is 0 Å². The summed E-state index contributed by atoms with van der Waals surface area (Å²) >= 11 is 10.5. The van der Waals surface area contributed by atoms with Crippen LogP contribution in [0.2, 0.25) is 0 Å². The Morgan fingerprint density at radius 1 is 1.38 bits per heavy atom. The Hall–Kier alpha value is 0.250. The molecule has 0 aliphatic heterocycles. The number of ketones is 1. The van der Waals surface area contributed by atoms with E-state index >= 15 is 0 Å². The van der Waals surface area contributed by atoms with Crippen LogP contribution in [0, 0.1) is 0 Å². The second kappa shape index (κ2) is 5.39. The third kappa shape index (κ3) is 4.41. The van der Waals surface area contributed by atoms with E-state index < -0.39 is 0 Å². The van der Waals surface area contributed by atoms with Crippen molar-refractivity contribution in [3.63, 3.8) is 0 Å². The van der Waals surface area contributed by atoms with Crippen molar-refractivity contribution in [3.05, 3.63) is 0 Å². The molecule has 0 atom stereocenters. The quantitative estimate of drug-likeness (QED) is 0.565. The predicted molar refractivity (Wildman–Crippen MR) is 35.7 cm³/mol. The van der Waals surface area contributed by atoms with Gasteiger partial charge in [-0.25, -0.2) is 0 Å². The van der Waals surface area contributed by atoms with Gasteiger partial charge in [-0.1, -0.05) is 0 Å². The zero-order valence-electron chi connectivity index (χ0n) is 4.49. The van der Waals surface area contributed by atoms with Crippen molar-refractivity contribution in [3.8, 4) is 0 Å². The Morgan fingerprint density at radius 3 is 2.38 bits per heavy atom. The smallest absolute Gasteiger partial charge is 0.147 e. The minimum atomic E-state index is 0.0762. The summed E-state index contributed by atoms with van der Waals surface area (Å²) in [7, 11) is 0. The average molecular weight is 155 g/mol. The van der Waals surface area contributed by atoms with Gasteiger partial charge in [0.2, 0.25) is 0 Å². The van der Waals surface area contributed by atoms with E-state index in [4.69, 9.17) is 23.2 Å². The average Bonchev–Trinajstić information content (AvgIpc) is 1.83. The first-order valence-corrected chi connectivity index (χ1v) is 3.51. The van der Waals surface area contributed by atoms with Gasteiger partial charge in [0.05, 0.1) is 5.88 Å². The summed E-state index contributed by atoms with van der Waals surface area (Å²) in [5, 5.41) is 0. The molecule has 0 heterocycles. The van der Waals surface area contributed by atoms with Crippen LogP contribution in [0.5, 0.6) is 0 Å². The van der Waals surface area contributed by atoms with E-state index in [1.54, 1.807) is 0 Å². The number of rotatable bonds is 4. The fraction of sp³-hybridized carbons (Fsp3) is 0.800. The Morgan fingerprint density at radius 2 is 2.00 bits per heavy atom. The molecule has 0 N–H and O–H groups in total. The van der Waals surface area contributed by atoms with Gasteiger partial charge < -0.3 is 0 Å². The Balaban J connectivity index is 2.99. The van der Waals surface area contributed by atoms with E-state index in [0.29, 0.717) is 12.3 Å². The van der Waals surface area contributed by atoms with E-state index in [1.165, 1.54) is 0 Å². The van der Waals surface area contributed by atoms with E-state index in [1.807, 2.05) is 0 Å². The van der Waals surface area contributed by atoms with Gasteiger partial charge in [0.25, 0.3) is 0 Å². The van der Waals surface area contributed by atoms with E-state index in [9.17, 15) is 4.79 Å². The predicted octanol–water partition coefficient (Wildman–Crippen LogP) is 1.81. The highest BCUT2D eigenvalue weighted by Crippen LogP contribution is 1.94. The molecule has 48 valence electrons. The normalized spacial score (nSPS) is 9.25. The van der Waals surface area contributed by atoms with Crippen molar-refractivity contribution >= 4 is 29.0 Å². The number of Topliss-reactive ketones (excluding diaryl/α,β-unsaturated/α-hetero) is 1. The fourth-order valence-electron chi connectivity index (χ4n) is 0.331. The van der Waals surface area contributed by atoms with Crippen molar-refractivity contribution in [1.29, 1.82) is 0 Å². The van der Waals surface area contributed by atoms with E-state index in [-0.39, 0.29) is 11.7 Å². The van der Waals surface area contributed by atoms with E-state index in [0.717, 1.165) is 6.42 Å². The van der Waals surface area contributed by atoms with Crippen LogP contribution >= 0.6 is 23.2 Å². The summed E-state index contributed by atoms with van der Waals surface area (Å²) in [5.74, 6) is 0.742. The number of hydrogen-bond donors (Lipinski definition) is 0. The molecule has 0 saturated carbocycles. The number of carbonyl (C=O) groups excluding carboxylic acids is 1. The molecule has 0 spiro atoms. The number of hydrogen-bond acceptors (Lipinski definition) is 1. The highest BCUT2D eigenvalue weighted by atomic mass is 35.5. The molecule has 0 bridgehead atoms. The van der Waals surface area contributed by atoms with Gasteiger partial charge in [-0.2, -0.15) is 0 Å². The SMILES string of the molecule is O=C(CCl)CCCCl. The first-order chi connectivity index (χ1) is 3.81. The highest BCUT2D eigenvalue weighted by molar-refractivity contribution is 6.27. The van der Waals surface area contributed by atoms with Crippen LogP contribution in [-0.2, 0) is 4.79 Å². The summed E-state index contributed by atoms with van der Waals surface area (Å²) in [6, 6.07) is 0. The molecule has 0 amide bonds. The third-order valence-electron chi connectivity index (χ3n) is 0.738. The molecule has 0 aliphatic carbocycles. The second-order valence-electron chi connectivity index (χ2n) is 1.46. The first-order valence-electron chi connectivity index (χ1n) is 2.45. The summed E-state index contributed by atoms with van der Waals surface area (Å²) < 4.78 is 0. The molecule has 0 radical (unpaired) electrons. The third-order valence-corrected chi connectivity index (χ3v) is 1.30. The largest absolute Gasteiger partial charge is 0.298 e. The molecule has 0 fully saturated rings. The van der Waals surface area contributed by atoms with Crippen molar-refractivity contribution in [1.82, 2.24) is 0 Å². The Bertz CT molecular complexity index is 72.8. The molecule has 0 rings (SSSR count). The molecule has 1 nitrogen and oxygen atoms in total. The van der Waals surface area contributed by atoms with Crippen molar-refractivity contribution < 1.29 is 4.79 Å². The topological polar surface area (TPSA) is 17.1 Å². The molecule has 0 aromatic carbocycles. The van der Waals surface area contributed by atoms with Crippen LogP contribution in [-0.4, -0.2) is 17.5 Å². The molecule has 0 unspecified atom stereocenters. The molecule has 0 aromatic heterocycles. The van der Waals surface area contributed by atoms with Crippen LogP contribution in [0.4, 0.5) is 0 Å². The van der Waals surface area contributed by atoms with Gasteiger partial charge in [-0.15, -0.1) is 23.2 Å². The summed E-state index contributed by atoms with van der Waals surface area (Å²) in [6.45, 7) is 0. The van der Waals surface area contributed by atoms with Crippen LogP contribution in [0.15, 0.2) is 0 Å². The van der Waals surface area contributed by atoms with Crippen LogP contribution in [0.25, 0.3) is 0 Å². The summed E-state index contributed by atoms with van der Waals surface area (Å²) in [4.78, 5) is 10.4. The van der Waals surface area contributed by atoms with Crippen molar-refractivity contribution in [2.75, 3.05) is 11.8 Å². The maximum Gasteiger partial charge on any atom is 0.147 e. The van der Waals surface area contributed by atoms with Gasteiger partial charge in [0.15, 0.2) is 0 Å². The zero-order valence-corrected chi connectivity index (χ0v) is 6.00. The lowest BCUT2D eigenvalue weighted by molar-refractivity contribution is -0.116. The molecular formula is C5H8Cl2O. The monoisotopic (exact) mass is 154 g/mol. The van der Waals surface area contributed by atoms with Gasteiger partial charge in [-0.05, 0) is 6.42 Å². The second-order valence-corrected chi connectivity index (χ2v) is 2.11. The molecule has 0 aromatic rings. The van der Waals surface area contributed by atoms with Crippen molar-refractivity contribution in [2.45, 2.75) is 12.8 Å². The summed E-state index contributed by atoms with van der Waals surface area (Å²) in [5.41, 5.74) is 0. The standard InChI is InChI=1S/C5H8Cl2O/c6-3-1-2-5(8)4-7/h1-4H2. The molecule has 0 aliphatic rings. The van der Waals surface area contributed by atoms with Gasteiger partial charge in [0, 0.05) is 12.3 Å². The molecule has 8 heavy (non-hydrogen) atoms. The van der Waals surface area contributed by atoms with Crippen molar-refractivity contribution in [2.24, 2.45) is 0 Å². The molecule has 3 heteroatoms. The maximum absolute atomic E-state index is 10.4.